The van der Waals surface area contributed by atoms with Gasteiger partial charge in [-0.15, -0.1) is 11.3 Å². The van der Waals surface area contributed by atoms with Crippen LogP contribution in [0.2, 0.25) is 0 Å². The van der Waals surface area contributed by atoms with E-state index in [1.54, 1.807) is 6.07 Å². The third-order valence-electron chi connectivity index (χ3n) is 2.16. The molecule has 0 bridgehead atoms. The fraction of sp³-hybridized carbons (Fsp3) is 0.100. The van der Waals surface area contributed by atoms with Gasteiger partial charge in [0.2, 0.25) is 0 Å². The Hall–Kier alpha value is -1.47. The summed E-state index contributed by atoms with van der Waals surface area (Å²) in [6, 6.07) is 3.60. The van der Waals surface area contributed by atoms with E-state index in [1.807, 2.05) is 6.07 Å². The second-order valence-corrected chi connectivity index (χ2v) is 5.83. The van der Waals surface area contributed by atoms with Gasteiger partial charge >= 0.3 is 5.69 Å². The molecule has 0 aliphatic carbocycles. The molecule has 88 valence electrons. The molecule has 0 saturated heterocycles. The van der Waals surface area contributed by atoms with Crippen LogP contribution in [0.4, 0.5) is 0 Å². The maximum Gasteiger partial charge on any atom is 0.347 e. The molecule has 1 amide bonds. The first-order valence-corrected chi connectivity index (χ1v) is 6.23. The number of halogens is 1. The Morgan fingerprint density at radius 1 is 1.53 bits per heavy atom. The number of rotatable bonds is 2. The molecule has 0 aromatic carbocycles. The van der Waals surface area contributed by atoms with Crippen LogP contribution in [0, 0.1) is 0 Å². The topological polar surface area (TPSA) is 78.0 Å². The zero-order valence-electron chi connectivity index (χ0n) is 8.81. The van der Waals surface area contributed by atoms with Crippen LogP contribution in [0.3, 0.4) is 0 Å². The maximum atomic E-state index is 11.5. The lowest BCUT2D eigenvalue weighted by molar-refractivity contribution is 0.1000. The van der Waals surface area contributed by atoms with E-state index < -0.39 is 11.6 Å². The molecule has 0 aliphatic heterocycles. The number of aryl methyl sites for hydroxylation is 1. The summed E-state index contributed by atoms with van der Waals surface area (Å²) in [5.41, 5.74) is 5.42. The number of nitrogens with two attached hydrogens (primary N) is 1. The van der Waals surface area contributed by atoms with Crippen molar-refractivity contribution >= 4 is 33.2 Å². The molecule has 7 heteroatoms. The average molecular weight is 314 g/mol. The molecule has 2 aromatic rings. The minimum atomic E-state index is -0.604. The van der Waals surface area contributed by atoms with Gasteiger partial charge in [-0.2, -0.15) is 4.98 Å². The molecule has 2 heterocycles. The molecule has 0 radical (unpaired) electrons. The molecule has 0 unspecified atom stereocenters. The number of carbonyl (C=O) groups is 1. The first kappa shape index (κ1) is 12.0. The van der Waals surface area contributed by atoms with Crippen molar-refractivity contribution in [3.8, 4) is 10.6 Å². The Morgan fingerprint density at radius 2 is 2.24 bits per heavy atom. The summed E-state index contributed by atoms with van der Waals surface area (Å²) < 4.78 is 2.12. The predicted molar refractivity (Wildman–Crippen MR) is 69.0 cm³/mol. The average Bonchev–Trinajstić information content (AvgIpc) is 2.68. The summed E-state index contributed by atoms with van der Waals surface area (Å²) >= 11 is 4.70. The SMILES string of the molecule is Cn1cc(C(N)=O)c(-c2ccc(Br)s2)nc1=O. The first-order chi connectivity index (χ1) is 7.99. The summed E-state index contributed by atoms with van der Waals surface area (Å²) in [6.45, 7) is 0. The fourth-order valence-electron chi connectivity index (χ4n) is 1.35. The molecule has 5 nitrogen and oxygen atoms in total. The summed E-state index contributed by atoms with van der Waals surface area (Å²) in [7, 11) is 1.52. The number of nitrogens with zero attached hydrogens (tertiary/aromatic N) is 2. The molecule has 2 aromatic heterocycles. The molecular weight excluding hydrogens is 306 g/mol. The van der Waals surface area contributed by atoms with Crippen molar-refractivity contribution in [3.63, 3.8) is 0 Å². The van der Waals surface area contributed by atoms with Crippen LogP contribution in [-0.4, -0.2) is 15.5 Å². The monoisotopic (exact) mass is 313 g/mol. The number of primary amides is 1. The standard InChI is InChI=1S/C10H8BrN3O2S/c1-14-4-5(9(12)15)8(13-10(14)16)6-2-3-7(11)17-6/h2-4H,1H3,(H2,12,15). The van der Waals surface area contributed by atoms with Crippen molar-refractivity contribution < 1.29 is 4.79 Å². The van der Waals surface area contributed by atoms with Gasteiger partial charge in [-0.25, -0.2) is 4.79 Å². The van der Waals surface area contributed by atoms with Crippen molar-refractivity contribution in [2.75, 3.05) is 0 Å². The molecule has 0 spiro atoms. The highest BCUT2D eigenvalue weighted by molar-refractivity contribution is 9.11. The van der Waals surface area contributed by atoms with E-state index in [2.05, 4.69) is 20.9 Å². The van der Waals surface area contributed by atoms with Crippen LogP contribution in [0.15, 0.2) is 26.9 Å². The van der Waals surface area contributed by atoms with Gasteiger partial charge in [0, 0.05) is 13.2 Å². The molecule has 0 fully saturated rings. The minimum Gasteiger partial charge on any atom is -0.365 e. The molecule has 2 rings (SSSR count). The number of amides is 1. The van der Waals surface area contributed by atoms with Gasteiger partial charge in [0.1, 0.15) is 5.69 Å². The highest BCUT2D eigenvalue weighted by atomic mass is 79.9. The largest absolute Gasteiger partial charge is 0.365 e. The Balaban J connectivity index is 2.71. The second-order valence-electron chi connectivity index (χ2n) is 3.36. The van der Waals surface area contributed by atoms with Crippen molar-refractivity contribution in [2.24, 2.45) is 12.8 Å². The highest BCUT2D eigenvalue weighted by Gasteiger charge is 2.15. The van der Waals surface area contributed by atoms with E-state index in [1.165, 1.54) is 29.1 Å². The highest BCUT2D eigenvalue weighted by Crippen LogP contribution is 2.31. The first-order valence-electron chi connectivity index (χ1n) is 4.62. The second kappa shape index (κ2) is 4.42. The van der Waals surface area contributed by atoms with Gasteiger partial charge in [-0.3, -0.25) is 4.79 Å². The minimum absolute atomic E-state index is 0.237. The Bertz CT molecular complexity index is 647. The zero-order valence-corrected chi connectivity index (χ0v) is 11.2. The summed E-state index contributed by atoms with van der Waals surface area (Å²) in [5, 5.41) is 0. The van der Waals surface area contributed by atoms with Crippen LogP contribution < -0.4 is 11.4 Å². The Labute approximate surface area is 109 Å². The molecule has 17 heavy (non-hydrogen) atoms. The fourth-order valence-corrected chi connectivity index (χ4v) is 2.74. The van der Waals surface area contributed by atoms with Gasteiger partial charge in [0.25, 0.3) is 5.91 Å². The number of hydrogen-bond acceptors (Lipinski definition) is 4. The van der Waals surface area contributed by atoms with E-state index in [4.69, 9.17) is 5.73 Å². The summed E-state index contributed by atoms with van der Waals surface area (Å²) in [4.78, 5) is 27.4. The van der Waals surface area contributed by atoms with E-state index in [9.17, 15) is 9.59 Å². The zero-order chi connectivity index (χ0) is 12.6. The molecule has 0 aliphatic rings. The van der Waals surface area contributed by atoms with Crippen LogP contribution in [0.5, 0.6) is 0 Å². The normalized spacial score (nSPS) is 10.5. The molecular formula is C10H8BrN3O2S. The molecule has 2 N–H and O–H groups in total. The van der Waals surface area contributed by atoms with Gasteiger partial charge in [-0.05, 0) is 28.1 Å². The molecule has 0 atom stereocenters. The smallest absolute Gasteiger partial charge is 0.347 e. The number of aromatic nitrogens is 2. The van der Waals surface area contributed by atoms with Gasteiger partial charge in [-0.1, -0.05) is 0 Å². The van der Waals surface area contributed by atoms with Gasteiger partial charge in [0.05, 0.1) is 14.2 Å². The van der Waals surface area contributed by atoms with Crippen LogP contribution in [0.1, 0.15) is 10.4 Å². The predicted octanol–water partition coefficient (Wildman–Crippen LogP) is 1.37. The van der Waals surface area contributed by atoms with Crippen molar-refractivity contribution in [3.05, 3.63) is 38.2 Å². The maximum absolute atomic E-state index is 11.5. The van der Waals surface area contributed by atoms with E-state index >= 15 is 0 Å². The van der Waals surface area contributed by atoms with Crippen LogP contribution in [0.25, 0.3) is 10.6 Å². The lowest BCUT2D eigenvalue weighted by atomic mass is 10.2. The Kier molecular flexibility index (Phi) is 3.12. The lowest BCUT2D eigenvalue weighted by Gasteiger charge is -2.05. The number of hydrogen-bond donors (Lipinski definition) is 1. The third-order valence-corrected chi connectivity index (χ3v) is 3.79. The van der Waals surface area contributed by atoms with Crippen LogP contribution >= 0.6 is 27.3 Å². The molecule has 0 saturated carbocycles. The number of thiophene rings is 1. The summed E-state index contributed by atoms with van der Waals surface area (Å²) in [6.07, 6.45) is 1.40. The summed E-state index contributed by atoms with van der Waals surface area (Å²) in [5.74, 6) is -0.604. The lowest BCUT2D eigenvalue weighted by Crippen LogP contribution is -2.24. The van der Waals surface area contributed by atoms with E-state index in [-0.39, 0.29) is 5.56 Å². The quantitative estimate of drug-likeness (QED) is 0.909. The van der Waals surface area contributed by atoms with Crippen molar-refractivity contribution in [1.82, 2.24) is 9.55 Å². The van der Waals surface area contributed by atoms with Gasteiger partial charge in [0.15, 0.2) is 0 Å². The van der Waals surface area contributed by atoms with Crippen molar-refractivity contribution in [1.29, 1.82) is 0 Å². The number of carbonyl (C=O) groups excluding carboxylic acids is 1. The van der Waals surface area contributed by atoms with Crippen LogP contribution in [-0.2, 0) is 7.05 Å². The van der Waals surface area contributed by atoms with E-state index in [0.717, 1.165) is 8.66 Å². The van der Waals surface area contributed by atoms with Crippen molar-refractivity contribution in [2.45, 2.75) is 0 Å². The van der Waals surface area contributed by atoms with Gasteiger partial charge < -0.3 is 10.3 Å². The van der Waals surface area contributed by atoms with E-state index in [0.29, 0.717) is 5.69 Å². The Morgan fingerprint density at radius 3 is 2.76 bits per heavy atom. The third kappa shape index (κ3) is 2.29.